The Bertz CT molecular complexity index is 1460. The van der Waals surface area contributed by atoms with E-state index in [2.05, 4.69) is 43.0 Å². The Balaban J connectivity index is 1.55. The summed E-state index contributed by atoms with van der Waals surface area (Å²) < 4.78 is 28.0. The monoisotopic (exact) mass is 430 g/mol. The van der Waals surface area contributed by atoms with Gasteiger partial charge in [-0.3, -0.25) is 4.98 Å². The fourth-order valence-electron chi connectivity index (χ4n) is 4.47. The second kappa shape index (κ2) is 7.13. The molecule has 0 amide bonds. The zero-order valence-corrected chi connectivity index (χ0v) is 17.1. The summed E-state index contributed by atoms with van der Waals surface area (Å²) in [7, 11) is 0. The average Bonchev–Trinajstić information content (AvgIpc) is 3.39. The highest BCUT2D eigenvalue weighted by molar-refractivity contribution is 5.94. The van der Waals surface area contributed by atoms with Crippen LogP contribution < -0.4 is 10.6 Å². The number of aromatic nitrogens is 4. The Labute approximate surface area is 182 Å². The number of aromatic amines is 2. The van der Waals surface area contributed by atoms with Crippen molar-refractivity contribution < 1.29 is 8.78 Å². The van der Waals surface area contributed by atoms with E-state index in [9.17, 15) is 8.78 Å². The van der Waals surface area contributed by atoms with Crippen molar-refractivity contribution in [1.82, 2.24) is 19.9 Å². The summed E-state index contributed by atoms with van der Waals surface area (Å²) in [6.07, 6.45) is 5.46. The Morgan fingerprint density at radius 3 is 2.72 bits per heavy atom. The van der Waals surface area contributed by atoms with Crippen molar-refractivity contribution in [2.24, 2.45) is 11.7 Å². The standard InChI is InChI=1S/C24H20F2N6/c25-16-6-19(26)22-21(7-16)30-24(31-22)18-10-28-9-17(23(18)32-11-13(8-27)12-32)15-2-1-14-3-4-29-20(14)5-15/h1-7,9-10,13,29H,8,11-12,27H2,(H,30,31). The molecule has 0 aliphatic carbocycles. The van der Waals surface area contributed by atoms with Crippen LogP contribution in [-0.4, -0.2) is 39.6 Å². The van der Waals surface area contributed by atoms with Crippen LogP contribution in [0.5, 0.6) is 0 Å². The van der Waals surface area contributed by atoms with Gasteiger partial charge in [0.05, 0.1) is 16.8 Å². The van der Waals surface area contributed by atoms with Gasteiger partial charge in [0, 0.05) is 54.7 Å². The summed E-state index contributed by atoms with van der Waals surface area (Å²) in [4.78, 5) is 17.5. The molecule has 2 aromatic carbocycles. The first kappa shape index (κ1) is 18.9. The van der Waals surface area contributed by atoms with E-state index in [0.717, 1.165) is 52.4 Å². The molecule has 5 aromatic rings. The van der Waals surface area contributed by atoms with Gasteiger partial charge >= 0.3 is 0 Å². The molecular formula is C24H20F2N6. The Morgan fingerprint density at radius 2 is 1.88 bits per heavy atom. The van der Waals surface area contributed by atoms with E-state index in [4.69, 9.17) is 5.73 Å². The molecule has 3 aromatic heterocycles. The maximum atomic E-state index is 14.3. The molecule has 0 radical (unpaired) electrons. The van der Waals surface area contributed by atoms with Crippen molar-refractivity contribution in [2.45, 2.75) is 0 Å². The number of anilines is 1. The highest BCUT2D eigenvalue weighted by atomic mass is 19.1. The quantitative estimate of drug-likeness (QED) is 0.393. The lowest BCUT2D eigenvalue weighted by Crippen LogP contribution is -2.50. The van der Waals surface area contributed by atoms with Gasteiger partial charge in [-0.15, -0.1) is 0 Å². The van der Waals surface area contributed by atoms with Gasteiger partial charge in [0.2, 0.25) is 0 Å². The highest BCUT2D eigenvalue weighted by Gasteiger charge is 2.30. The van der Waals surface area contributed by atoms with Crippen LogP contribution >= 0.6 is 0 Å². The molecule has 1 saturated heterocycles. The minimum Gasteiger partial charge on any atom is -0.370 e. The Morgan fingerprint density at radius 1 is 1.03 bits per heavy atom. The molecule has 160 valence electrons. The van der Waals surface area contributed by atoms with Gasteiger partial charge in [-0.1, -0.05) is 12.1 Å². The van der Waals surface area contributed by atoms with Crippen LogP contribution in [0.1, 0.15) is 0 Å². The molecule has 0 atom stereocenters. The number of pyridine rings is 1. The number of benzene rings is 2. The summed E-state index contributed by atoms with van der Waals surface area (Å²) in [5.74, 6) is -0.481. The first-order valence-electron chi connectivity index (χ1n) is 10.5. The number of rotatable bonds is 4. The van der Waals surface area contributed by atoms with Crippen molar-refractivity contribution in [3.8, 4) is 22.5 Å². The molecule has 1 fully saturated rings. The maximum absolute atomic E-state index is 14.3. The van der Waals surface area contributed by atoms with Gasteiger partial charge < -0.3 is 20.6 Å². The van der Waals surface area contributed by atoms with E-state index < -0.39 is 11.6 Å². The third kappa shape index (κ3) is 2.95. The van der Waals surface area contributed by atoms with E-state index in [1.807, 2.05) is 18.5 Å². The lowest BCUT2D eigenvalue weighted by molar-refractivity contribution is 0.421. The second-order valence-electron chi connectivity index (χ2n) is 8.24. The van der Waals surface area contributed by atoms with Crippen molar-refractivity contribution >= 4 is 27.6 Å². The van der Waals surface area contributed by atoms with Gasteiger partial charge in [0.15, 0.2) is 5.82 Å². The van der Waals surface area contributed by atoms with E-state index >= 15 is 0 Å². The predicted molar refractivity (Wildman–Crippen MR) is 121 cm³/mol. The molecule has 4 N–H and O–H groups in total. The minimum atomic E-state index is -0.697. The van der Waals surface area contributed by atoms with Crippen LogP contribution in [0, 0.1) is 17.6 Å². The maximum Gasteiger partial charge on any atom is 0.153 e. The zero-order chi connectivity index (χ0) is 21.8. The van der Waals surface area contributed by atoms with Crippen LogP contribution in [0.25, 0.3) is 44.5 Å². The molecule has 4 heterocycles. The molecule has 0 unspecified atom stereocenters. The third-order valence-electron chi connectivity index (χ3n) is 6.15. The lowest BCUT2D eigenvalue weighted by atomic mass is 9.94. The molecule has 32 heavy (non-hydrogen) atoms. The van der Waals surface area contributed by atoms with E-state index in [1.165, 1.54) is 6.07 Å². The highest BCUT2D eigenvalue weighted by Crippen LogP contribution is 2.41. The molecule has 0 saturated carbocycles. The first-order valence-corrected chi connectivity index (χ1v) is 10.5. The molecule has 6 rings (SSSR count). The SMILES string of the molecule is NCC1CN(c2c(-c3ccc4cc[nH]c4c3)cncc2-c2nc3c(F)cc(F)cc3[nH]2)C1. The second-order valence-corrected chi connectivity index (χ2v) is 8.24. The average molecular weight is 430 g/mol. The Kier molecular flexibility index (Phi) is 4.22. The molecule has 0 bridgehead atoms. The first-order chi connectivity index (χ1) is 15.6. The van der Waals surface area contributed by atoms with Gasteiger partial charge in [-0.25, -0.2) is 13.8 Å². The van der Waals surface area contributed by atoms with Gasteiger partial charge in [0.25, 0.3) is 0 Å². The van der Waals surface area contributed by atoms with E-state index in [-0.39, 0.29) is 5.52 Å². The number of halogens is 2. The largest absolute Gasteiger partial charge is 0.370 e. The number of fused-ring (bicyclic) bond motifs is 2. The van der Waals surface area contributed by atoms with Crippen molar-refractivity contribution in [1.29, 1.82) is 0 Å². The number of imidazole rings is 1. The van der Waals surface area contributed by atoms with E-state index in [0.29, 0.717) is 23.8 Å². The molecule has 0 spiro atoms. The topological polar surface area (TPSA) is 86.6 Å². The van der Waals surface area contributed by atoms with Gasteiger partial charge in [-0.2, -0.15) is 0 Å². The van der Waals surface area contributed by atoms with E-state index in [1.54, 1.807) is 6.20 Å². The molecule has 6 nitrogen and oxygen atoms in total. The normalized spacial score (nSPS) is 14.4. The van der Waals surface area contributed by atoms with Crippen molar-refractivity contribution in [3.05, 3.63) is 66.6 Å². The zero-order valence-electron chi connectivity index (χ0n) is 17.1. The smallest absolute Gasteiger partial charge is 0.153 e. The summed E-state index contributed by atoms with van der Waals surface area (Å²) in [5.41, 5.74) is 11.0. The minimum absolute atomic E-state index is 0.106. The number of nitrogens with one attached hydrogen (secondary N) is 2. The van der Waals surface area contributed by atoms with Gasteiger partial charge in [0.1, 0.15) is 17.2 Å². The van der Waals surface area contributed by atoms with Crippen LogP contribution in [0.2, 0.25) is 0 Å². The fraction of sp³-hybridized carbons (Fsp3) is 0.167. The Hall–Kier alpha value is -3.78. The van der Waals surface area contributed by atoms with Crippen molar-refractivity contribution in [3.63, 3.8) is 0 Å². The number of H-pyrrole nitrogens is 2. The van der Waals surface area contributed by atoms with Crippen LogP contribution in [0.15, 0.2) is 55.0 Å². The van der Waals surface area contributed by atoms with Gasteiger partial charge in [-0.05, 0) is 35.7 Å². The number of nitrogens with two attached hydrogens (primary N) is 1. The van der Waals surface area contributed by atoms with Crippen LogP contribution in [0.4, 0.5) is 14.5 Å². The number of hydrogen-bond acceptors (Lipinski definition) is 4. The lowest BCUT2D eigenvalue weighted by Gasteiger charge is -2.42. The van der Waals surface area contributed by atoms with Crippen LogP contribution in [-0.2, 0) is 0 Å². The fourth-order valence-corrected chi connectivity index (χ4v) is 4.47. The molecule has 1 aliphatic rings. The summed E-state index contributed by atoms with van der Waals surface area (Å²) in [6, 6.07) is 10.3. The number of hydrogen-bond donors (Lipinski definition) is 3. The summed E-state index contributed by atoms with van der Waals surface area (Å²) >= 11 is 0. The molecule has 8 heteroatoms. The van der Waals surface area contributed by atoms with Crippen molar-refractivity contribution in [2.75, 3.05) is 24.5 Å². The summed E-state index contributed by atoms with van der Waals surface area (Å²) in [6.45, 7) is 2.25. The molecular weight excluding hydrogens is 410 g/mol. The molecule has 1 aliphatic heterocycles. The van der Waals surface area contributed by atoms with Crippen LogP contribution in [0.3, 0.4) is 0 Å². The number of nitrogens with zero attached hydrogens (tertiary/aromatic N) is 3. The summed E-state index contributed by atoms with van der Waals surface area (Å²) in [5, 5.41) is 1.13. The predicted octanol–water partition coefficient (Wildman–Crippen LogP) is 4.45. The third-order valence-corrected chi connectivity index (χ3v) is 6.15.